The third kappa shape index (κ3) is 3.63. The second-order valence-corrected chi connectivity index (χ2v) is 8.55. The smallest absolute Gasteiger partial charge is 0.489 e. The van der Waals surface area contributed by atoms with E-state index in [-0.39, 0.29) is 5.82 Å². The van der Waals surface area contributed by atoms with Gasteiger partial charge >= 0.3 is 7.12 Å². The van der Waals surface area contributed by atoms with Crippen LogP contribution >= 0.6 is 0 Å². The molecule has 1 aliphatic carbocycles. The van der Waals surface area contributed by atoms with Gasteiger partial charge in [0, 0.05) is 6.07 Å². The van der Waals surface area contributed by atoms with Crippen LogP contribution in [0.4, 0.5) is 4.39 Å². The van der Waals surface area contributed by atoms with Gasteiger partial charge < -0.3 is 14.0 Å². The Labute approximate surface area is 161 Å². The van der Waals surface area contributed by atoms with Gasteiger partial charge in [0.15, 0.2) is 0 Å². The maximum absolute atomic E-state index is 14.2. The summed E-state index contributed by atoms with van der Waals surface area (Å²) in [6, 6.07) is 11.1. The Balaban J connectivity index is 1.50. The van der Waals surface area contributed by atoms with Crippen molar-refractivity contribution in [2.24, 2.45) is 0 Å². The molecule has 0 bridgehead atoms. The minimum absolute atomic E-state index is 0.355. The number of halogens is 1. The normalized spacial score (nSPS) is 20.0. The average molecular weight is 368 g/mol. The number of rotatable bonds is 4. The van der Waals surface area contributed by atoms with E-state index in [0.29, 0.717) is 17.8 Å². The molecule has 0 amide bonds. The van der Waals surface area contributed by atoms with Crippen molar-refractivity contribution in [3.8, 4) is 5.75 Å². The highest BCUT2D eigenvalue weighted by atomic mass is 19.1. The number of fused-ring (bicyclic) bond motifs is 1. The molecular weight excluding hydrogens is 342 g/mol. The SMILES string of the molecule is CC1(C)OB(c2cc(F)cc(OCc3ccc4c(c3)CCC4)c2)OC1(C)C. The summed E-state index contributed by atoms with van der Waals surface area (Å²) in [5.74, 6) is 0.131. The van der Waals surface area contributed by atoms with Crippen molar-refractivity contribution in [1.29, 1.82) is 0 Å². The second-order valence-electron chi connectivity index (χ2n) is 8.55. The Morgan fingerprint density at radius 3 is 2.41 bits per heavy atom. The average Bonchev–Trinajstić information content (AvgIpc) is 3.14. The first-order valence-corrected chi connectivity index (χ1v) is 9.63. The van der Waals surface area contributed by atoms with E-state index in [1.54, 1.807) is 6.07 Å². The Bertz CT molecular complexity index is 847. The third-order valence-corrected chi connectivity index (χ3v) is 5.99. The summed E-state index contributed by atoms with van der Waals surface area (Å²) >= 11 is 0. The van der Waals surface area contributed by atoms with E-state index in [2.05, 4.69) is 18.2 Å². The highest BCUT2D eigenvalue weighted by Crippen LogP contribution is 2.36. The molecule has 0 atom stereocenters. The first kappa shape index (κ1) is 18.5. The molecule has 1 saturated heterocycles. The predicted molar refractivity (Wildman–Crippen MR) is 105 cm³/mol. The van der Waals surface area contributed by atoms with E-state index < -0.39 is 18.3 Å². The topological polar surface area (TPSA) is 27.7 Å². The lowest BCUT2D eigenvalue weighted by atomic mass is 9.79. The molecule has 1 heterocycles. The van der Waals surface area contributed by atoms with Gasteiger partial charge in [0.1, 0.15) is 18.2 Å². The van der Waals surface area contributed by atoms with Crippen LogP contribution in [0.5, 0.6) is 5.75 Å². The molecule has 27 heavy (non-hydrogen) atoms. The highest BCUT2D eigenvalue weighted by molar-refractivity contribution is 6.62. The van der Waals surface area contributed by atoms with Crippen LogP contribution < -0.4 is 10.2 Å². The van der Waals surface area contributed by atoms with Gasteiger partial charge in [-0.3, -0.25) is 0 Å². The first-order valence-electron chi connectivity index (χ1n) is 9.63. The van der Waals surface area contributed by atoms with Gasteiger partial charge in [-0.25, -0.2) is 4.39 Å². The van der Waals surface area contributed by atoms with Gasteiger partial charge in [0.2, 0.25) is 0 Å². The van der Waals surface area contributed by atoms with Gasteiger partial charge in [-0.1, -0.05) is 18.2 Å². The van der Waals surface area contributed by atoms with Crippen LogP contribution in [0.1, 0.15) is 50.8 Å². The van der Waals surface area contributed by atoms with Crippen molar-refractivity contribution < 1.29 is 18.4 Å². The summed E-state index contributed by atoms with van der Waals surface area (Å²) in [6.07, 6.45) is 3.52. The molecule has 0 spiro atoms. The quantitative estimate of drug-likeness (QED) is 0.758. The molecule has 0 saturated carbocycles. The molecule has 3 nitrogen and oxygen atoms in total. The molecule has 142 valence electrons. The van der Waals surface area contributed by atoms with Crippen molar-refractivity contribution in [3.63, 3.8) is 0 Å². The van der Waals surface area contributed by atoms with Crippen LogP contribution in [0, 0.1) is 5.82 Å². The van der Waals surface area contributed by atoms with Crippen molar-refractivity contribution in [3.05, 3.63) is 58.9 Å². The van der Waals surface area contributed by atoms with Crippen molar-refractivity contribution in [2.45, 2.75) is 64.8 Å². The molecule has 2 aromatic rings. The van der Waals surface area contributed by atoms with E-state index >= 15 is 0 Å². The Kier molecular flexibility index (Phi) is 4.56. The minimum Gasteiger partial charge on any atom is -0.489 e. The number of aryl methyl sites for hydroxylation is 2. The lowest BCUT2D eigenvalue weighted by molar-refractivity contribution is 0.00578. The summed E-state index contributed by atoms with van der Waals surface area (Å²) < 4.78 is 32.1. The molecule has 0 aromatic heterocycles. The van der Waals surface area contributed by atoms with Crippen molar-refractivity contribution in [2.75, 3.05) is 0 Å². The summed E-state index contributed by atoms with van der Waals surface area (Å²) in [4.78, 5) is 0. The summed E-state index contributed by atoms with van der Waals surface area (Å²) in [5, 5.41) is 0. The summed E-state index contributed by atoms with van der Waals surface area (Å²) in [7, 11) is -0.604. The molecule has 4 rings (SSSR count). The highest BCUT2D eigenvalue weighted by Gasteiger charge is 2.51. The lowest BCUT2D eigenvalue weighted by Gasteiger charge is -2.32. The zero-order valence-corrected chi connectivity index (χ0v) is 16.5. The summed E-state index contributed by atoms with van der Waals surface area (Å²) in [6.45, 7) is 8.35. The maximum atomic E-state index is 14.2. The molecular formula is C22H26BFO3. The van der Waals surface area contributed by atoms with Crippen LogP contribution in [0.3, 0.4) is 0 Å². The zero-order chi connectivity index (χ0) is 19.2. The second kappa shape index (κ2) is 6.64. The maximum Gasteiger partial charge on any atom is 0.495 e. The van der Waals surface area contributed by atoms with E-state index in [0.717, 1.165) is 18.4 Å². The first-order chi connectivity index (χ1) is 12.7. The van der Waals surface area contributed by atoms with Crippen molar-refractivity contribution in [1.82, 2.24) is 0 Å². The fourth-order valence-corrected chi connectivity index (χ4v) is 3.66. The molecule has 2 aromatic carbocycles. The summed E-state index contributed by atoms with van der Waals surface area (Å²) in [5.41, 5.74) is 3.67. The van der Waals surface area contributed by atoms with Gasteiger partial charge in [0.05, 0.1) is 11.2 Å². The molecule has 0 radical (unpaired) electrons. The Hall–Kier alpha value is -1.85. The predicted octanol–water partition coefficient (Wildman–Crippen LogP) is 4.19. The standard InChI is InChI=1S/C22H26BFO3/c1-21(2)22(3,4)27-23(26-21)18-11-19(24)13-20(12-18)25-14-15-8-9-16-6-5-7-17(16)10-15/h8-13H,5-7,14H2,1-4H3. The van der Waals surface area contributed by atoms with E-state index in [9.17, 15) is 4.39 Å². The van der Waals surface area contributed by atoms with E-state index in [1.807, 2.05) is 27.7 Å². The van der Waals surface area contributed by atoms with Gasteiger partial charge in [-0.2, -0.15) is 0 Å². The molecule has 1 aliphatic heterocycles. The van der Waals surface area contributed by atoms with Gasteiger partial charge in [-0.15, -0.1) is 0 Å². The van der Waals surface area contributed by atoms with Crippen LogP contribution in [-0.4, -0.2) is 18.3 Å². The minimum atomic E-state index is -0.604. The Morgan fingerprint density at radius 1 is 0.963 bits per heavy atom. The Morgan fingerprint density at radius 2 is 1.67 bits per heavy atom. The van der Waals surface area contributed by atoms with Gasteiger partial charge in [0.25, 0.3) is 0 Å². The third-order valence-electron chi connectivity index (χ3n) is 5.99. The number of hydrogen-bond acceptors (Lipinski definition) is 3. The van der Waals surface area contributed by atoms with Crippen LogP contribution in [0.25, 0.3) is 0 Å². The van der Waals surface area contributed by atoms with E-state index in [1.165, 1.54) is 29.7 Å². The van der Waals surface area contributed by atoms with Crippen molar-refractivity contribution >= 4 is 12.6 Å². The van der Waals surface area contributed by atoms with Gasteiger partial charge in [-0.05, 0) is 81.2 Å². The largest absolute Gasteiger partial charge is 0.495 e. The van der Waals surface area contributed by atoms with Crippen LogP contribution in [0.15, 0.2) is 36.4 Å². The van der Waals surface area contributed by atoms with Crippen LogP contribution in [-0.2, 0) is 28.8 Å². The number of hydrogen-bond donors (Lipinski definition) is 0. The molecule has 2 aliphatic rings. The van der Waals surface area contributed by atoms with Crippen LogP contribution in [0.2, 0.25) is 0 Å². The number of benzene rings is 2. The molecule has 1 fully saturated rings. The molecule has 0 unspecified atom stereocenters. The fourth-order valence-electron chi connectivity index (χ4n) is 3.66. The number of ether oxygens (including phenoxy) is 1. The fraction of sp³-hybridized carbons (Fsp3) is 0.455. The lowest BCUT2D eigenvalue weighted by Crippen LogP contribution is -2.41. The van der Waals surface area contributed by atoms with E-state index in [4.69, 9.17) is 14.0 Å². The molecule has 5 heteroatoms. The zero-order valence-electron chi connectivity index (χ0n) is 16.5. The molecule has 0 N–H and O–H groups in total. The monoisotopic (exact) mass is 368 g/mol.